The smallest absolute Gasteiger partial charge is 0.165 e. The molecule has 0 fully saturated rings. The highest BCUT2D eigenvalue weighted by Gasteiger charge is 2.21. The Bertz CT molecular complexity index is 1050. The number of hydrogen-bond donors (Lipinski definition) is 1. The molecule has 31 heavy (non-hydrogen) atoms. The van der Waals surface area contributed by atoms with Gasteiger partial charge in [-0.15, -0.1) is 0 Å². The van der Waals surface area contributed by atoms with Crippen LogP contribution in [0.3, 0.4) is 0 Å². The number of benzene rings is 3. The Morgan fingerprint density at radius 3 is 2.26 bits per heavy atom. The van der Waals surface area contributed by atoms with Gasteiger partial charge >= 0.3 is 0 Å². The van der Waals surface area contributed by atoms with Crippen LogP contribution in [0.1, 0.15) is 11.1 Å². The number of rotatable bonds is 6. The summed E-state index contributed by atoms with van der Waals surface area (Å²) in [5, 5.41) is 9.54. The summed E-state index contributed by atoms with van der Waals surface area (Å²) in [6.07, 6.45) is 0. The molecule has 0 aliphatic carbocycles. The number of phenolic OH excluding ortho intramolecular Hbond substituents is 1. The number of phenols is 1. The monoisotopic (exact) mass is 421 g/mol. The van der Waals surface area contributed by atoms with Crippen molar-refractivity contribution in [2.45, 2.75) is 13.1 Å². The Labute approximate surface area is 182 Å². The predicted octanol–water partition coefficient (Wildman–Crippen LogP) is 4.48. The largest absolute Gasteiger partial charge is 0.508 e. The standard InChI is InChI=1S/C25H27NO5/c1-28-22-9-6-18(13-23(22)29-2)19-12-20-16-26(15-17-4-7-21(27)8-5-17)10-11-31-25(20)24(14-19)30-3/h4-9,12-14,27H,10-11,15-16H2,1-3H3. The van der Waals surface area contributed by atoms with Gasteiger partial charge < -0.3 is 24.1 Å². The summed E-state index contributed by atoms with van der Waals surface area (Å²) in [5.41, 5.74) is 4.24. The molecule has 3 aromatic carbocycles. The van der Waals surface area contributed by atoms with E-state index in [9.17, 15) is 5.11 Å². The number of methoxy groups -OCH3 is 3. The average molecular weight is 421 g/mol. The third-order valence-corrected chi connectivity index (χ3v) is 5.46. The maximum atomic E-state index is 9.54. The minimum absolute atomic E-state index is 0.276. The molecule has 1 heterocycles. The highest BCUT2D eigenvalue weighted by molar-refractivity contribution is 5.71. The first-order valence-electron chi connectivity index (χ1n) is 10.2. The first kappa shape index (κ1) is 20.9. The van der Waals surface area contributed by atoms with E-state index in [0.29, 0.717) is 23.9 Å². The second kappa shape index (κ2) is 9.18. The minimum Gasteiger partial charge on any atom is -0.508 e. The van der Waals surface area contributed by atoms with Crippen molar-refractivity contribution in [3.63, 3.8) is 0 Å². The molecule has 0 aromatic heterocycles. The van der Waals surface area contributed by atoms with Gasteiger partial charge in [-0.3, -0.25) is 4.90 Å². The molecule has 0 unspecified atom stereocenters. The number of fused-ring (bicyclic) bond motifs is 1. The van der Waals surface area contributed by atoms with Gasteiger partial charge in [0.2, 0.25) is 0 Å². The van der Waals surface area contributed by atoms with Gasteiger partial charge in [0.25, 0.3) is 0 Å². The van der Waals surface area contributed by atoms with Crippen LogP contribution in [0.5, 0.6) is 28.7 Å². The van der Waals surface area contributed by atoms with Crippen LogP contribution in [0.25, 0.3) is 11.1 Å². The van der Waals surface area contributed by atoms with E-state index in [0.717, 1.165) is 47.6 Å². The molecule has 0 radical (unpaired) electrons. The molecular weight excluding hydrogens is 394 g/mol. The molecule has 0 spiro atoms. The molecule has 6 nitrogen and oxygen atoms in total. The molecule has 6 heteroatoms. The maximum absolute atomic E-state index is 9.54. The molecule has 0 atom stereocenters. The lowest BCUT2D eigenvalue weighted by atomic mass is 10.0. The lowest BCUT2D eigenvalue weighted by molar-refractivity contribution is 0.217. The fourth-order valence-corrected chi connectivity index (χ4v) is 3.87. The van der Waals surface area contributed by atoms with Crippen molar-refractivity contribution >= 4 is 0 Å². The quantitative estimate of drug-likeness (QED) is 0.633. The summed E-state index contributed by atoms with van der Waals surface area (Å²) in [6, 6.07) is 17.3. The molecule has 0 saturated heterocycles. The number of ether oxygens (including phenoxy) is 4. The molecule has 4 rings (SSSR count). The topological polar surface area (TPSA) is 60.4 Å². The average Bonchev–Trinajstić information content (AvgIpc) is 3.01. The molecule has 0 bridgehead atoms. The SMILES string of the molecule is COc1ccc(-c2cc3c(c(OC)c2)OCCN(Cc2ccc(O)cc2)C3)cc1OC. The molecule has 1 N–H and O–H groups in total. The van der Waals surface area contributed by atoms with E-state index in [4.69, 9.17) is 18.9 Å². The molecular formula is C25H27NO5. The number of aromatic hydroxyl groups is 1. The van der Waals surface area contributed by atoms with Crippen molar-refractivity contribution in [3.8, 4) is 39.9 Å². The fraction of sp³-hybridized carbons (Fsp3) is 0.280. The fourth-order valence-electron chi connectivity index (χ4n) is 3.87. The summed E-state index contributed by atoms with van der Waals surface area (Å²) in [5.74, 6) is 3.15. The second-order valence-electron chi connectivity index (χ2n) is 7.46. The molecule has 1 aliphatic rings. The van der Waals surface area contributed by atoms with Crippen molar-refractivity contribution in [1.82, 2.24) is 4.90 Å². The van der Waals surface area contributed by atoms with Crippen LogP contribution in [0.2, 0.25) is 0 Å². The highest BCUT2D eigenvalue weighted by atomic mass is 16.5. The third-order valence-electron chi connectivity index (χ3n) is 5.46. The first-order chi connectivity index (χ1) is 15.1. The summed E-state index contributed by atoms with van der Waals surface area (Å²) >= 11 is 0. The molecule has 0 saturated carbocycles. The van der Waals surface area contributed by atoms with E-state index >= 15 is 0 Å². The Morgan fingerprint density at radius 1 is 0.839 bits per heavy atom. The summed E-state index contributed by atoms with van der Waals surface area (Å²) in [7, 11) is 4.92. The lowest BCUT2D eigenvalue weighted by Crippen LogP contribution is -2.25. The Kier molecular flexibility index (Phi) is 6.18. The highest BCUT2D eigenvalue weighted by Crippen LogP contribution is 2.40. The maximum Gasteiger partial charge on any atom is 0.165 e. The van der Waals surface area contributed by atoms with E-state index in [1.54, 1.807) is 33.5 Å². The van der Waals surface area contributed by atoms with Gasteiger partial charge in [0.15, 0.2) is 23.0 Å². The summed E-state index contributed by atoms with van der Waals surface area (Å²) < 4.78 is 22.6. The molecule has 162 valence electrons. The van der Waals surface area contributed by atoms with Crippen molar-refractivity contribution in [1.29, 1.82) is 0 Å². The van der Waals surface area contributed by atoms with E-state index in [1.165, 1.54) is 0 Å². The van der Waals surface area contributed by atoms with Crippen molar-refractivity contribution in [2.75, 3.05) is 34.5 Å². The predicted molar refractivity (Wildman–Crippen MR) is 119 cm³/mol. The van der Waals surface area contributed by atoms with E-state index < -0.39 is 0 Å². The van der Waals surface area contributed by atoms with E-state index in [1.807, 2.05) is 36.4 Å². The molecule has 3 aromatic rings. The Morgan fingerprint density at radius 2 is 1.55 bits per heavy atom. The van der Waals surface area contributed by atoms with Crippen LogP contribution in [0.15, 0.2) is 54.6 Å². The number of hydrogen-bond acceptors (Lipinski definition) is 6. The van der Waals surface area contributed by atoms with Crippen molar-refractivity contribution in [3.05, 3.63) is 65.7 Å². The van der Waals surface area contributed by atoms with Gasteiger partial charge in [-0.1, -0.05) is 18.2 Å². The Hall–Kier alpha value is -3.38. The summed E-state index contributed by atoms with van der Waals surface area (Å²) in [6.45, 7) is 2.88. The lowest BCUT2D eigenvalue weighted by Gasteiger charge is -2.20. The zero-order valence-electron chi connectivity index (χ0n) is 18.1. The van der Waals surface area contributed by atoms with Gasteiger partial charge in [-0.05, 0) is 53.1 Å². The van der Waals surface area contributed by atoms with Crippen molar-refractivity contribution < 1.29 is 24.1 Å². The van der Waals surface area contributed by atoms with Gasteiger partial charge in [-0.2, -0.15) is 0 Å². The van der Waals surface area contributed by atoms with Crippen LogP contribution >= 0.6 is 0 Å². The van der Waals surface area contributed by atoms with E-state index in [-0.39, 0.29) is 5.75 Å². The molecule has 1 aliphatic heterocycles. The van der Waals surface area contributed by atoms with Crippen LogP contribution in [-0.4, -0.2) is 44.5 Å². The van der Waals surface area contributed by atoms with Crippen molar-refractivity contribution in [2.24, 2.45) is 0 Å². The van der Waals surface area contributed by atoms with Crippen LogP contribution in [0, 0.1) is 0 Å². The van der Waals surface area contributed by atoms with Gasteiger partial charge in [-0.25, -0.2) is 0 Å². The molecule has 0 amide bonds. The Balaban J connectivity index is 1.67. The van der Waals surface area contributed by atoms with Crippen LogP contribution in [0.4, 0.5) is 0 Å². The first-order valence-corrected chi connectivity index (χ1v) is 10.2. The van der Waals surface area contributed by atoms with Gasteiger partial charge in [0, 0.05) is 25.2 Å². The summed E-state index contributed by atoms with van der Waals surface area (Å²) in [4.78, 5) is 2.33. The van der Waals surface area contributed by atoms with Gasteiger partial charge in [0.1, 0.15) is 12.4 Å². The number of nitrogens with zero attached hydrogens (tertiary/aromatic N) is 1. The zero-order chi connectivity index (χ0) is 21.8. The van der Waals surface area contributed by atoms with E-state index in [2.05, 4.69) is 11.0 Å². The van der Waals surface area contributed by atoms with Crippen LogP contribution < -0.4 is 18.9 Å². The van der Waals surface area contributed by atoms with Gasteiger partial charge in [0.05, 0.1) is 21.3 Å². The third kappa shape index (κ3) is 4.54. The normalized spacial score (nSPS) is 13.6. The zero-order valence-corrected chi connectivity index (χ0v) is 18.1. The second-order valence-corrected chi connectivity index (χ2v) is 7.46. The van der Waals surface area contributed by atoms with Crippen LogP contribution in [-0.2, 0) is 13.1 Å². The minimum atomic E-state index is 0.276.